The van der Waals surface area contributed by atoms with Crippen LogP contribution in [-0.4, -0.2) is 36.1 Å². The fraction of sp³-hybridized carbons (Fsp3) is 0.688. The Morgan fingerprint density at radius 2 is 2.48 bits per heavy atom. The summed E-state index contributed by atoms with van der Waals surface area (Å²) in [6.07, 6.45) is 6.34. The topological polar surface area (TPSA) is 49.6 Å². The molecule has 1 fully saturated rings. The average Bonchev–Trinajstić information content (AvgIpc) is 3.17. The van der Waals surface area contributed by atoms with Gasteiger partial charge in [0.2, 0.25) is 0 Å². The average molecular weight is 309 g/mol. The van der Waals surface area contributed by atoms with Crippen molar-refractivity contribution in [3.63, 3.8) is 0 Å². The zero-order valence-corrected chi connectivity index (χ0v) is 13.9. The second-order valence-corrected chi connectivity index (χ2v) is 6.94. The van der Waals surface area contributed by atoms with Crippen LogP contribution in [0.4, 0.5) is 0 Å². The summed E-state index contributed by atoms with van der Waals surface area (Å²) in [5.74, 6) is 3.24. The normalized spacial score (nSPS) is 20.5. The molecule has 2 N–H and O–H groups in total. The molecule has 1 aromatic heterocycles. The number of rotatable bonds is 7. The molecule has 0 aromatic carbocycles. The van der Waals surface area contributed by atoms with E-state index < -0.39 is 0 Å². The van der Waals surface area contributed by atoms with Crippen molar-refractivity contribution in [3.05, 3.63) is 24.2 Å². The number of hydrogen-bond donors (Lipinski definition) is 2. The Hall–Kier alpha value is -1.10. The maximum atomic E-state index is 5.36. The summed E-state index contributed by atoms with van der Waals surface area (Å²) in [6, 6.07) is 4.38. The van der Waals surface area contributed by atoms with Gasteiger partial charge in [0.25, 0.3) is 0 Å². The van der Waals surface area contributed by atoms with Gasteiger partial charge in [-0.2, -0.15) is 11.8 Å². The second-order valence-electron chi connectivity index (χ2n) is 5.53. The molecule has 1 aliphatic heterocycles. The van der Waals surface area contributed by atoms with Crippen LogP contribution in [0, 0.1) is 0 Å². The summed E-state index contributed by atoms with van der Waals surface area (Å²) >= 11 is 2.05. The van der Waals surface area contributed by atoms with Gasteiger partial charge in [0.15, 0.2) is 5.96 Å². The number of guanidine groups is 1. The third-order valence-electron chi connectivity index (χ3n) is 3.72. The fourth-order valence-electron chi connectivity index (χ4n) is 2.23. The van der Waals surface area contributed by atoms with Gasteiger partial charge in [-0.25, -0.2) is 0 Å². The Bertz CT molecular complexity index is 413. The van der Waals surface area contributed by atoms with Gasteiger partial charge >= 0.3 is 0 Å². The lowest BCUT2D eigenvalue weighted by Crippen LogP contribution is -2.43. The van der Waals surface area contributed by atoms with E-state index in [1.807, 2.05) is 12.1 Å². The number of thioether (sulfide) groups is 1. The first-order valence-electron chi connectivity index (χ1n) is 7.96. The smallest absolute Gasteiger partial charge is 0.191 e. The van der Waals surface area contributed by atoms with E-state index in [1.54, 1.807) is 6.26 Å². The highest BCUT2D eigenvalue weighted by molar-refractivity contribution is 8.00. The summed E-state index contributed by atoms with van der Waals surface area (Å²) in [5, 5.41) is 7.59. The molecular weight excluding hydrogens is 282 g/mol. The highest BCUT2D eigenvalue weighted by Crippen LogP contribution is 2.25. The Morgan fingerprint density at radius 3 is 3.14 bits per heavy atom. The van der Waals surface area contributed by atoms with Gasteiger partial charge in [-0.1, -0.05) is 6.92 Å². The van der Waals surface area contributed by atoms with E-state index >= 15 is 0 Å². The summed E-state index contributed by atoms with van der Waals surface area (Å²) < 4.78 is 5.36. The van der Waals surface area contributed by atoms with Crippen LogP contribution in [0.1, 0.15) is 38.9 Å². The van der Waals surface area contributed by atoms with Crippen LogP contribution in [0.25, 0.3) is 0 Å². The third-order valence-corrected chi connectivity index (χ3v) is 5.10. The largest absolute Gasteiger partial charge is 0.469 e. The van der Waals surface area contributed by atoms with Gasteiger partial charge in [0.1, 0.15) is 5.76 Å². The van der Waals surface area contributed by atoms with E-state index in [9.17, 15) is 0 Å². The lowest BCUT2D eigenvalue weighted by atomic mass is 10.2. The molecule has 1 aliphatic rings. The Labute approximate surface area is 132 Å². The molecule has 4 nitrogen and oxygen atoms in total. The third kappa shape index (κ3) is 6.04. The maximum Gasteiger partial charge on any atom is 0.191 e. The van der Waals surface area contributed by atoms with Gasteiger partial charge < -0.3 is 15.1 Å². The van der Waals surface area contributed by atoms with E-state index in [-0.39, 0.29) is 0 Å². The van der Waals surface area contributed by atoms with Crippen molar-refractivity contribution in [1.82, 2.24) is 10.6 Å². The molecule has 1 saturated heterocycles. The van der Waals surface area contributed by atoms with Crippen LogP contribution in [0.15, 0.2) is 27.8 Å². The quantitative estimate of drug-likeness (QED) is 0.600. The molecule has 5 heteroatoms. The van der Waals surface area contributed by atoms with Crippen LogP contribution in [0.3, 0.4) is 0 Å². The van der Waals surface area contributed by atoms with Gasteiger partial charge in [0, 0.05) is 24.3 Å². The monoisotopic (exact) mass is 309 g/mol. The zero-order valence-electron chi connectivity index (χ0n) is 13.1. The Kier molecular flexibility index (Phi) is 7.00. The van der Waals surface area contributed by atoms with Crippen LogP contribution in [-0.2, 0) is 6.42 Å². The molecule has 0 bridgehead atoms. The van der Waals surface area contributed by atoms with Crippen molar-refractivity contribution in [2.24, 2.45) is 4.99 Å². The number of furan rings is 1. The first-order chi connectivity index (χ1) is 10.3. The molecule has 0 saturated carbocycles. The molecule has 0 aliphatic carbocycles. The van der Waals surface area contributed by atoms with Crippen molar-refractivity contribution in [2.75, 3.05) is 18.8 Å². The predicted octanol–water partition coefficient (Wildman–Crippen LogP) is 3.05. The van der Waals surface area contributed by atoms with E-state index in [2.05, 4.69) is 36.2 Å². The van der Waals surface area contributed by atoms with Crippen LogP contribution >= 0.6 is 11.8 Å². The maximum absolute atomic E-state index is 5.36. The Balaban J connectivity index is 1.80. The van der Waals surface area contributed by atoms with Crippen molar-refractivity contribution in [3.8, 4) is 0 Å². The minimum Gasteiger partial charge on any atom is -0.469 e. The SMILES string of the molecule is CCC(C)NC(=NCC1CCCS1)NCCc1ccco1. The number of hydrogen-bond acceptors (Lipinski definition) is 3. The summed E-state index contributed by atoms with van der Waals surface area (Å²) in [7, 11) is 0. The lowest BCUT2D eigenvalue weighted by molar-refractivity contribution is 0.506. The summed E-state index contributed by atoms with van der Waals surface area (Å²) in [6.45, 7) is 6.13. The molecule has 2 unspecified atom stereocenters. The number of nitrogens with one attached hydrogen (secondary N) is 2. The molecule has 118 valence electrons. The molecular formula is C16H27N3OS. The molecule has 0 radical (unpaired) electrons. The van der Waals surface area contributed by atoms with Crippen molar-refractivity contribution < 1.29 is 4.42 Å². The van der Waals surface area contributed by atoms with Crippen molar-refractivity contribution in [2.45, 2.75) is 50.8 Å². The van der Waals surface area contributed by atoms with Crippen LogP contribution < -0.4 is 10.6 Å². The van der Waals surface area contributed by atoms with E-state index in [0.717, 1.165) is 37.7 Å². The van der Waals surface area contributed by atoms with Gasteiger partial charge in [-0.15, -0.1) is 0 Å². The number of nitrogens with zero attached hydrogens (tertiary/aromatic N) is 1. The second kappa shape index (κ2) is 9.03. The minimum absolute atomic E-state index is 0.441. The van der Waals surface area contributed by atoms with E-state index in [4.69, 9.17) is 9.41 Å². The first kappa shape index (κ1) is 16.3. The first-order valence-corrected chi connectivity index (χ1v) is 9.01. The lowest BCUT2D eigenvalue weighted by Gasteiger charge is -2.17. The van der Waals surface area contributed by atoms with Gasteiger partial charge in [-0.3, -0.25) is 4.99 Å². The highest BCUT2D eigenvalue weighted by atomic mass is 32.2. The number of aliphatic imine (C=N–C) groups is 1. The Morgan fingerprint density at radius 1 is 1.57 bits per heavy atom. The van der Waals surface area contributed by atoms with E-state index in [1.165, 1.54) is 18.6 Å². The fourth-order valence-corrected chi connectivity index (χ4v) is 3.41. The molecule has 2 rings (SSSR count). The van der Waals surface area contributed by atoms with E-state index in [0.29, 0.717) is 11.3 Å². The zero-order chi connectivity index (χ0) is 14.9. The van der Waals surface area contributed by atoms with Gasteiger partial charge in [0.05, 0.1) is 12.8 Å². The highest BCUT2D eigenvalue weighted by Gasteiger charge is 2.15. The van der Waals surface area contributed by atoms with Crippen molar-refractivity contribution >= 4 is 17.7 Å². The minimum atomic E-state index is 0.441. The standard InChI is InChI=1S/C16H27N3OS/c1-3-13(2)19-16(18-12-15-7-5-11-21-15)17-9-8-14-6-4-10-20-14/h4,6,10,13,15H,3,5,7-9,11-12H2,1-2H3,(H2,17,18,19). The molecule has 2 heterocycles. The molecule has 0 spiro atoms. The molecule has 0 amide bonds. The van der Waals surface area contributed by atoms with Crippen LogP contribution in [0.2, 0.25) is 0 Å². The predicted molar refractivity (Wildman–Crippen MR) is 91.1 cm³/mol. The van der Waals surface area contributed by atoms with Gasteiger partial charge in [-0.05, 0) is 44.1 Å². The molecule has 21 heavy (non-hydrogen) atoms. The van der Waals surface area contributed by atoms with Crippen molar-refractivity contribution in [1.29, 1.82) is 0 Å². The summed E-state index contributed by atoms with van der Waals surface area (Å²) in [5.41, 5.74) is 0. The summed E-state index contributed by atoms with van der Waals surface area (Å²) in [4.78, 5) is 4.76. The molecule has 1 aromatic rings. The molecule has 2 atom stereocenters. The van der Waals surface area contributed by atoms with Crippen LogP contribution in [0.5, 0.6) is 0 Å².